The Bertz CT molecular complexity index is 715. The van der Waals surface area contributed by atoms with Crippen LogP contribution in [0, 0.1) is 5.82 Å². The van der Waals surface area contributed by atoms with E-state index in [1.165, 1.54) is 12.1 Å². The molecule has 0 atom stereocenters. The number of rotatable bonds is 3. The van der Waals surface area contributed by atoms with Crippen molar-refractivity contribution in [3.8, 4) is 0 Å². The minimum Gasteiger partial charge on any atom is -0.444 e. The number of hydrogen-bond donors (Lipinski definition) is 1. The fourth-order valence-corrected chi connectivity index (χ4v) is 4.39. The number of benzene rings is 1. The average molecular weight is 390 g/mol. The van der Waals surface area contributed by atoms with Crippen LogP contribution < -0.4 is 5.32 Å². The maximum atomic E-state index is 13.8. The van der Waals surface area contributed by atoms with Crippen molar-refractivity contribution in [1.29, 1.82) is 0 Å². The van der Waals surface area contributed by atoms with Gasteiger partial charge in [-0.25, -0.2) is 9.18 Å². The molecule has 1 heterocycles. The van der Waals surface area contributed by atoms with Crippen LogP contribution in [0.1, 0.15) is 64.9 Å². The lowest BCUT2D eigenvalue weighted by Crippen LogP contribution is -2.52. The summed E-state index contributed by atoms with van der Waals surface area (Å²) in [6.45, 7) is 6.69. The van der Waals surface area contributed by atoms with Crippen LogP contribution in [-0.2, 0) is 14.9 Å². The van der Waals surface area contributed by atoms with Crippen LogP contribution in [0.5, 0.6) is 0 Å². The molecule has 1 saturated carbocycles. The van der Waals surface area contributed by atoms with Crippen LogP contribution in [0.3, 0.4) is 0 Å². The summed E-state index contributed by atoms with van der Waals surface area (Å²) in [6, 6.07) is 6.51. The Balaban J connectivity index is 1.63. The summed E-state index contributed by atoms with van der Waals surface area (Å²) < 4.78 is 19.1. The first-order valence-electron chi connectivity index (χ1n) is 10.2. The molecule has 0 radical (unpaired) electrons. The van der Waals surface area contributed by atoms with Gasteiger partial charge in [0, 0.05) is 19.1 Å². The Morgan fingerprint density at radius 3 is 2.39 bits per heavy atom. The monoisotopic (exact) mass is 390 g/mol. The molecular formula is C22H31FN2O3. The van der Waals surface area contributed by atoms with E-state index >= 15 is 0 Å². The van der Waals surface area contributed by atoms with Crippen LogP contribution in [0.4, 0.5) is 9.18 Å². The molecule has 6 heteroatoms. The summed E-state index contributed by atoms with van der Waals surface area (Å²) >= 11 is 0. The van der Waals surface area contributed by atoms with Gasteiger partial charge in [-0.3, -0.25) is 4.79 Å². The molecule has 2 fully saturated rings. The van der Waals surface area contributed by atoms with Gasteiger partial charge in [0.05, 0.1) is 5.41 Å². The molecule has 1 aliphatic heterocycles. The first-order chi connectivity index (χ1) is 13.2. The van der Waals surface area contributed by atoms with Crippen molar-refractivity contribution in [3.63, 3.8) is 0 Å². The van der Waals surface area contributed by atoms with Crippen LogP contribution in [0.2, 0.25) is 0 Å². The van der Waals surface area contributed by atoms with Crippen molar-refractivity contribution in [2.45, 2.75) is 76.4 Å². The highest BCUT2D eigenvalue weighted by atomic mass is 19.1. The number of ether oxygens (including phenoxy) is 1. The first-order valence-corrected chi connectivity index (χ1v) is 10.2. The second-order valence-corrected chi connectivity index (χ2v) is 9.01. The van der Waals surface area contributed by atoms with Crippen LogP contribution in [-0.4, -0.2) is 41.6 Å². The van der Waals surface area contributed by atoms with Crippen molar-refractivity contribution in [3.05, 3.63) is 35.6 Å². The number of piperidine rings is 1. The van der Waals surface area contributed by atoms with Gasteiger partial charge in [-0.2, -0.15) is 0 Å². The van der Waals surface area contributed by atoms with E-state index in [9.17, 15) is 14.0 Å². The summed E-state index contributed by atoms with van der Waals surface area (Å²) in [7, 11) is 0. The molecule has 0 spiro atoms. The second-order valence-electron chi connectivity index (χ2n) is 9.01. The van der Waals surface area contributed by atoms with Crippen molar-refractivity contribution in [2.75, 3.05) is 13.1 Å². The number of halogens is 1. The molecule has 3 rings (SSSR count). The molecule has 1 aromatic rings. The van der Waals surface area contributed by atoms with E-state index in [1.54, 1.807) is 6.07 Å². The van der Waals surface area contributed by atoms with Gasteiger partial charge in [0.25, 0.3) is 0 Å². The number of amides is 2. The van der Waals surface area contributed by atoms with Gasteiger partial charge in [0.2, 0.25) is 5.91 Å². The molecule has 1 aromatic carbocycles. The zero-order chi connectivity index (χ0) is 20.4. The summed E-state index contributed by atoms with van der Waals surface area (Å²) in [6.07, 6.45) is 4.49. The van der Waals surface area contributed by atoms with E-state index in [1.807, 2.05) is 31.7 Å². The number of alkyl carbamates (subject to hydrolysis) is 1. The van der Waals surface area contributed by atoms with E-state index < -0.39 is 17.1 Å². The lowest BCUT2D eigenvalue weighted by atomic mass is 9.77. The molecular weight excluding hydrogens is 359 g/mol. The largest absolute Gasteiger partial charge is 0.444 e. The predicted molar refractivity (Wildman–Crippen MR) is 106 cm³/mol. The normalized spacial score (nSPS) is 20.1. The van der Waals surface area contributed by atoms with Crippen molar-refractivity contribution in [2.24, 2.45) is 0 Å². The van der Waals surface area contributed by atoms with E-state index in [-0.39, 0.29) is 17.8 Å². The van der Waals surface area contributed by atoms with Gasteiger partial charge in [-0.15, -0.1) is 0 Å². The Morgan fingerprint density at radius 1 is 1.18 bits per heavy atom. The quantitative estimate of drug-likeness (QED) is 0.843. The highest BCUT2D eigenvalue weighted by molar-refractivity contribution is 5.88. The Morgan fingerprint density at radius 2 is 1.82 bits per heavy atom. The van der Waals surface area contributed by atoms with Crippen LogP contribution >= 0.6 is 0 Å². The summed E-state index contributed by atoms with van der Waals surface area (Å²) in [5.74, 6) is -0.192. The van der Waals surface area contributed by atoms with Crippen molar-refractivity contribution in [1.82, 2.24) is 10.2 Å². The zero-order valence-electron chi connectivity index (χ0n) is 17.1. The van der Waals surface area contributed by atoms with Gasteiger partial charge >= 0.3 is 6.09 Å². The van der Waals surface area contributed by atoms with Gasteiger partial charge < -0.3 is 15.0 Å². The fourth-order valence-electron chi connectivity index (χ4n) is 4.39. The van der Waals surface area contributed by atoms with E-state index in [4.69, 9.17) is 4.74 Å². The van der Waals surface area contributed by atoms with Gasteiger partial charge in [0.1, 0.15) is 11.4 Å². The van der Waals surface area contributed by atoms with E-state index in [2.05, 4.69) is 5.32 Å². The lowest BCUT2D eigenvalue weighted by Gasteiger charge is -2.39. The van der Waals surface area contributed by atoms with E-state index in [0.29, 0.717) is 25.9 Å². The number of carbonyl (C=O) groups is 2. The Labute approximate surface area is 166 Å². The summed E-state index contributed by atoms with van der Waals surface area (Å²) in [4.78, 5) is 27.3. The molecule has 28 heavy (non-hydrogen) atoms. The number of carbonyl (C=O) groups excluding carboxylic acids is 2. The van der Waals surface area contributed by atoms with Gasteiger partial charge in [0.15, 0.2) is 0 Å². The second kappa shape index (κ2) is 8.10. The fraction of sp³-hybridized carbons (Fsp3) is 0.636. The molecule has 0 aromatic heterocycles. The number of likely N-dealkylation sites (tertiary alicyclic amines) is 1. The van der Waals surface area contributed by atoms with Gasteiger partial charge in [-0.1, -0.05) is 25.0 Å². The molecule has 5 nitrogen and oxygen atoms in total. The minimum atomic E-state index is -0.604. The Hall–Kier alpha value is -2.11. The van der Waals surface area contributed by atoms with Crippen LogP contribution in [0.15, 0.2) is 24.3 Å². The van der Waals surface area contributed by atoms with Crippen molar-refractivity contribution < 1.29 is 18.7 Å². The third kappa shape index (κ3) is 4.65. The smallest absolute Gasteiger partial charge is 0.407 e. The number of hydrogen-bond acceptors (Lipinski definition) is 3. The molecule has 1 N–H and O–H groups in total. The summed E-state index contributed by atoms with van der Waals surface area (Å²) in [5.41, 5.74) is -0.335. The maximum Gasteiger partial charge on any atom is 0.407 e. The van der Waals surface area contributed by atoms with Crippen molar-refractivity contribution >= 4 is 12.0 Å². The zero-order valence-corrected chi connectivity index (χ0v) is 17.1. The molecule has 2 amide bonds. The standard InChI is InChI=1S/C22H31FN2O3/c1-21(2,3)28-20(27)24-18-9-13-25(14-10-18)19(26)22(11-4-5-12-22)16-7-6-8-17(23)15-16/h6-8,15,18H,4-5,9-14H2,1-3H3,(H,24,27). The highest BCUT2D eigenvalue weighted by Crippen LogP contribution is 2.43. The number of nitrogens with one attached hydrogen (secondary N) is 1. The maximum absolute atomic E-state index is 13.8. The lowest BCUT2D eigenvalue weighted by molar-refractivity contribution is -0.138. The van der Waals surface area contributed by atoms with Gasteiger partial charge in [-0.05, 0) is 64.2 Å². The molecule has 1 aliphatic carbocycles. The highest BCUT2D eigenvalue weighted by Gasteiger charge is 2.45. The van der Waals surface area contributed by atoms with Crippen LogP contribution in [0.25, 0.3) is 0 Å². The molecule has 154 valence electrons. The third-order valence-electron chi connectivity index (χ3n) is 5.75. The molecule has 1 saturated heterocycles. The van der Waals surface area contributed by atoms with E-state index in [0.717, 1.165) is 31.2 Å². The predicted octanol–water partition coefficient (Wildman–Crippen LogP) is 4.15. The molecule has 2 aliphatic rings. The topological polar surface area (TPSA) is 58.6 Å². The number of nitrogens with zero attached hydrogens (tertiary/aromatic N) is 1. The SMILES string of the molecule is CC(C)(C)OC(=O)NC1CCN(C(=O)C2(c3cccc(F)c3)CCCC2)CC1. The summed E-state index contributed by atoms with van der Waals surface area (Å²) in [5, 5.41) is 2.90. The molecule has 0 bridgehead atoms. The minimum absolute atomic E-state index is 0.00703. The Kier molecular flexibility index (Phi) is 5.96. The average Bonchev–Trinajstić information content (AvgIpc) is 3.11. The molecule has 0 unspecified atom stereocenters. The third-order valence-corrected chi connectivity index (χ3v) is 5.75. The first kappa shape index (κ1) is 20.6.